The predicted octanol–water partition coefficient (Wildman–Crippen LogP) is 3.39. The van der Waals surface area contributed by atoms with Gasteiger partial charge >= 0.3 is 0 Å². The van der Waals surface area contributed by atoms with Crippen molar-refractivity contribution in [2.24, 2.45) is 0 Å². The van der Waals surface area contributed by atoms with E-state index < -0.39 is 6.10 Å². The molecule has 1 saturated heterocycles. The van der Waals surface area contributed by atoms with E-state index in [0.717, 1.165) is 42.3 Å². The molecule has 0 bridgehead atoms. The summed E-state index contributed by atoms with van der Waals surface area (Å²) in [5.41, 5.74) is 2.18. The van der Waals surface area contributed by atoms with Crippen molar-refractivity contribution in [1.29, 1.82) is 0 Å². The number of nitrogens with zero attached hydrogens (tertiary/aromatic N) is 2. The van der Waals surface area contributed by atoms with Crippen molar-refractivity contribution < 1.29 is 14.6 Å². The van der Waals surface area contributed by atoms with Crippen molar-refractivity contribution >= 4 is 0 Å². The molecule has 6 heteroatoms. The summed E-state index contributed by atoms with van der Waals surface area (Å²) < 4.78 is 11.4. The van der Waals surface area contributed by atoms with Crippen LogP contribution in [-0.4, -0.2) is 54.4 Å². The molecule has 0 aliphatic carbocycles. The topological polar surface area (TPSA) is 66.8 Å². The fourth-order valence-electron chi connectivity index (χ4n) is 3.82. The lowest BCUT2D eigenvalue weighted by Gasteiger charge is -2.27. The van der Waals surface area contributed by atoms with E-state index in [1.54, 1.807) is 13.3 Å². The van der Waals surface area contributed by atoms with Crippen LogP contribution in [0.3, 0.4) is 0 Å². The number of rotatable bonds is 10. The van der Waals surface area contributed by atoms with Crippen molar-refractivity contribution in [2.75, 3.05) is 33.4 Å². The minimum Gasteiger partial charge on any atom is -0.497 e. The maximum atomic E-state index is 10.5. The van der Waals surface area contributed by atoms with Gasteiger partial charge in [0, 0.05) is 43.7 Å². The van der Waals surface area contributed by atoms with Crippen LogP contribution in [0.15, 0.2) is 42.7 Å². The largest absolute Gasteiger partial charge is 0.497 e. The highest BCUT2D eigenvalue weighted by molar-refractivity contribution is 5.40. The summed E-state index contributed by atoms with van der Waals surface area (Å²) in [6.07, 6.45) is 9.49. The van der Waals surface area contributed by atoms with Gasteiger partial charge in [-0.2, -0.15) is 0 Å². The maximum absolute atomic E-state index is 10.5. The van der Waals surface area contributed by atoms with Crippen molar-refractivity contribution in [1.82, 2.24) is 15.2 Å². The lowest BCUT2D eigenvalue weighted by atomic mass is 10.1. The summed E-state index contributed by atoms with van der Waals surface area (Å²) in [4.78, 5) is 6.52. The Morgan fingerprint density at radius 1 is 1.10 bits per heavy atom. The smallest absolute Gasteiger partial charge is 0.127 e. The number of pyridine rings is 1. The number of aliphatic hydroxyl groups is 1. The van der Waals surface area contributed by atoms with Gasteiger partial charge in [-0.05, 0) is 43.6 Å². The minimum atomic E-state index is -0.508. The first-order chi connectivity index (χ1) is 14.7. The van der Waals surface area contributed by atoms with Gasteiger partial charge in [0.1, 0.15) is 24.2 Å². The number of aliphatic hydroxyl groups excluding tert-OH is 1. The highest BCUT2D eigenvalue weighted by Gasteiger charge is 2.15. The second-order valence-corrected chi connectivity index (χ2v) is 7.97. The third-order valence-corrected chi connectivity index (χ3v) is 5.49. The van der Waals surface area contributed by atoms with Crippen LogP contribution in [0.5, 0.6) is 11.5 Å². The van der Waals surface area contributed by atoms with E-state index in [1.807, 2.05) is 36.5 Å². The summed E-state index contributed by atoms with van der Waals surface area (Å²) in [7, 11) is 1.65. The van der Waals surface area contributed by atoms with E-state index in [0.29, 0.717) is 13.1 Å². The van der Waals surface area contributed by atoms with Crippen molar-refractivity contribution in [3.63, 3.8) is 0 Å². The molecule has 2 N–H and O–H groups in total. The van der Waals surface area contributed by atoms with Gasteiger partial charge in [-0.1, -0.05) is 31.4 Å². The molecule has 1 aromatic carbocycles. The van der Waals surface area contributed by atoms with E-state index in [1.165, 1.54) is 32.1 Å². The van der Waals surface area contributed by atoms with Gasteiger partial charge in [0.15, 0.2) is 0 Å². The number of aromatic nitrogens is 1. The number of β-amino-alcohol motifs (C(OH)–C–C–N with tert-alkyl or cyclic N) is 1. The van der Waals surface area contributed by atoms with Crippen LogP contribution in [0.25, 0.3) is 0 Å². The third kappa shape index (κ3) is 7.59. The predicted molar refractivity (Wildman–Crippen MR) is 119 cm³/mol. The van der Waals surface area contributed by atoms with E-state index in [-0.39, 0.29) is 6.61 Å². The Hall–Kier alpha value is -2.15. The van der Waals surface area contributed by atoms with E-state index in [4.69, 9.17) is 9.47 Å². The van der Waals surface area contributed by atoms with Gasteiger partial charge in [0.2, 0.25) is 0 Å². The molecule has 1 atom stereocenters. The van der Waals surface area contributed by atoms with Gasteiger partial charge in [0.25, 0.3) is 0 Å². The molecule has 1 fully saturated rings. The Labute approximate surface area is 180 Å². The molecule has 164 valence electrons. The van der Waals surface area contributed by atoms with E-state index in [2.05, 4.69) is 15.2 Å². The monoisotopic (exact) mass is 413 g/mol. The van der Waals surface area contributed by atoms with Crippen LogP contribution in [-0.2, 0) is 13.1 Å². The van der Waals surface area contributed by atoms with Crippen LogP contribution in [0.4, 0.5) is 0 Å². The molecule has 0 unspecified atom stereocenters. The average molecular weight is 414 g/mol. The number of ether oxygens (including phenoxy) is 2. The fraction of sp³-hybridized carbons (Fsp3) is 0.542. The lowest BCUT2D eigenvalue weighted by Crippen LogP contribution is -2.37. The highest BCUT2D eigenvalue weighted by atomic mass is 16.5. The van der Waals surface area contributed by atoms with Crippen LogP contribution >= 0.6 is 0 Å². The van der Waals surface area contributed by atoms with Crippen LogP contribution < -0.4 is 14.8 Å². The summed E-state index contributed by atoms with van der Waals surface area (Å²) >= 11 is 0. The van der Waals surface area contributed by atoms with Crippen molar-refractivity contribution in [3.8, 4) is 11.5 Å². The first-order valence-electron chi connectivity index (χ1n) is 11.0. The first kappa shape index (κ1) is 22.5. The van der Waals surface area contributed by atoms with Gasteiger partial charge in [0.05, 0.1) is 7.11 Å². The Bertz CT molecular complexity index is 734. The molecule has 0 spiro atoms. The minimum absolute atomic E-state index is 0.277. The maximum Gasteiger partial charge on any atom is 0.127 e. The molecule has 0 amide bonds. The highest BCUT2D eigenvalue weighted by Crippen LogP contribution is 2.25. The Kier molecular flexibility index (Phi) is 9.41. The number of benzene rings is 1. The molecule has 6 nitrogen and oxygen atoms in total. The molecule has 1 aliphatic heterocycles. The molecule has 1 aliphatic rings. The zero-order valence-corrected chi connectivity index (χ0v) is 18.1. The lowest BCUT2D eigenvalue weighted by molar-refractivity contribution is 0.0650. The van der Waals surface area contributed by atoms with Crippen molar-refractivity contribution in [3.05, 3.63) is 53.9 Å². The molecular formula is C24H35N3O3. The zero-order valence-electron chi connectivity index (χ0n) is 18.1. The number of hydrogen-bond donors (Lipinski definition) is 2. The summed E-state index contributed by atoms with van der Waals surface area (Å²) in [5, 5.41) is 14.0. The number of nitrogens with one attached hydrogen (secondary N) is 1. The second-order valence-electron chi connectivity index (χ2n) is 7.97. The summed E-state index contributed by atoms with van der Waals surface area (Å²) in [6.45, 7) is 4.48. The summed E-state index contributed by atoms with van der Waals surface area (Å²) in [5.74, 6) is 1.50. The molecule has 30 heavy (non-hydrogen) atoms. The SMILES string of the molecule is COc1ccc(CNCc2cccnc2)c(OC[C@@H](O)CN2CCCCCCC2)c1. The standard InChI is InChI=1S/C24H35N3O3/c1-29-23-10-9-21(17-26-16-20-8-7-11-25-15-20)24(14-23)30-19-22(28)18-27-12-5-3-2-4-6-13-27/h7-11,14-15,22,26,28H,2-6,12-13,16-19H2,1H3/t22-/m0/s1. The molecule has 0 saturated carbocycles. The Morgan fingerprint density at radius 2 is 1.90 bits per heavy atom. The Balaban J connectivity index is 1.52. The van der Waals surface area contributed by atoms with Gasteiger partial charge < -0.3 is 24.8 Å². The first-order valence-corrected chi connectivity index (χ1v) is 11.0. The molecule has 1 aromatic heterocycles. The molecular weight excluding hydrogens is 378 g/mol. The molecule has 0 radical (unpaired) electrons. The Morgan fingerprint density at radius 3 is 2.63 bits per heavy atom. The van der Waals surface area contributed by atoms with Gasteiger partial charge in [-0.25, -0.2) is 0 Å². The van der Waals surface area contributed by atoms with Gasteiger partial charge in [-0.3, -0.25) is 4.98 Å². The third-order valence-electron chi connectivity index (χ3n) is 5.49. The fourth-order valence-corrected chi connectivity index (χ4v) is 3.82. The number of methoxy groups -OCH3 is 1. The molecule has 3 rings (SSSR count). The molecule has 2 heterocycles. The zero-order chi connectivity index (χ0) is 21.0. The van der Waals surface area contributed by atoms with Crippen LogP contribution in [0.2, 0.25) is 0 Å². The second kappa shape index (κ2) is 12.5. The van der Waals surface area contributed by atoms with Crippen LogP contribution in [0, 0.1) is 0 Å². The quantitative estimate of drug-likeness (QED) is 0.622. The van der Waals surface area contributed by atoms with Crippen LogP contribution in [0.1, 0.15) is 43.2 Å². The summed E-state index contributed by atoms with van der Waals surface area (Å²) in [6, 6.07) is 9.82. The number of likely N-dealkylation sites (tertiary alicyclic amines) is 1. The average Bonchev–Trinajstić information content (AvgIpc) is 2.75. The number of hydrogen-bond acceptors (Lipinski definition) is 6. The van der Waals surface area contributed by atoms with E-state index in [9.17, 15) is 5.11 Å². The van der Waals surface area contributed by atoms with Crippen molar-refractivity contribution in [2.45, 2.75) is 51.3 Å². The van der Waals surface area contributed by atoms with Gasteiger partial charge in [-0.15, -0.1) is 0 Å². The normalized spacial score (nSPS) is 16.5. The molecule has 2 aromatic rings. The van der Waals surface area contributed by atoms with E-state index >= 15 is 0 Å².